The van der Waals surface area contributed by atoms with Crippen LogP contribution in [0.5, 0.6) is 0 Å². The number of benzene rings is 7. The molecule has 0 aliphatic heterocycles. The van der Waals surface area contributed by atoms with Gasteiger partial charge < -0.3 is 4.85 Å². The van der Waals surface area contributed by atoms with Crippen LogP contribution in [0, 0.1) is 17.9 Å². The number of hydrogen-bond donors (Lipinski definition) is 0. The second-order valence-electron chi connectivity index (χ2n) is 14.7. The molecular weight excluding hydrogens is 693 g/mol. The third kappa shape index (κ3) is 4.78. The minimum atomic E-state index is -0.565. The molecule has 2 aliphatic rings. The van der Waals surface area contributed by atoms with Gasteiger partial charge >= 0.3 is 0 Å². The van der Waals surface area contributed by atoms with Crippen LogP contribution in [-0.4, -0.2) is 9.97 Å². The third-order valence-corrected chi connectivity index (χ3v) is 11.9. The van der Waals surface area contributed by atoms with Gasteiger partial charge in [0.2, 0.25) is 0 Å². The van der Waals surface area contributed by atoms with E-state index in [9.17, 15) is 5.26 Å². The summed E-state index contributed by atoms with van der Waals surface area (Å²) in [4.78, 5) is 12.0. The fourth-order valence-corrected chi connectivity index (χ4v) is 9.49. The summed E-state index contributed by atoms with van der Waals surface area (Å²) in [5, 5.41) is 12.0. The molecule has 0 saturated carbocycles. The normalized spacial score (nSPS) is 12.7. The summed E-state index contributed by atoms with van der Waals surface area (Å²) in [5.41, 5.74) is 18.5. The van der Waals surface area contributed by atoms with Gasteiger partial charge in [0.15, 0.2) is 0 Å². The smallest absolute Gasteiger partial charge is 0.270 e. The van der Waals surface area contributed by atoms with Crippen LogP contribution in [0.15, 0.2) is 182 Å². The first-order valence-corrected chi connectivity index (χ1v) is 19.0. The summed E-state index contributed by atoms with van der Waals surface area (Å²) in [5.74, 6) is 0.385. The van der Waals surface area contributed by atoms with E-state index in [-0.39, 0.29) is 0 Å². The van der Waals surface area contributed by atoms with Crippen molar-refractivity contribution in [3.8, 4) is 72.8 Å². The van der Waals surface area contributed by atoms with Crippen LogP contribution in [-0.2, 0) is 5.41 Å². The van der Waals surface area contributed by atoms with Crippen molar-refractivity contribution >= 4 is 16.6 Å². The molecule has 262 valence electrons. The minimum Gasteiger partial charge on any atom is -0.361 e. The number of rotatable bonds is 4. The summed E-state index contributed by atoms with van der Waals surface area (Å²) >= 11 is 0. The Morgan fingerprint density at radius 2 is 1.02 bits per heavy atom. The molecule has 7 aromatic carbocycles. The number of nitrogens with zero attached hydrogens (tertiary/aromatic N) is 4. The summed E-state index contributed by atoms with van der Waals surface area (Å²) in [6.07, 6.45) is 3.41. The van der Waals surface area contributed by atoms with Crippen LogP contribution in [0.25, 0.3) is 82.4 Å². The van der Waals surface area contributed by atoms with Crippen LogP contribution in [0.1, 0.15) is 27.9 Å². The second kappa shape index (κ2) is 12.6. The van der Waals surface area contributed by atoms with Crippen LogP contribution in [0.2, 0.25) is 0 Å². The lowest BCUT2D eigenvalue weighted by atomic mass is 9.69. The summed E-state index contributed by atoms with van der Waals surface area (Å²) in [6, 6.07) is 63.2. The van der Waals surface area contributed by atoms with Crippen molar-refractivity contribution in [1.29, 1.82) is 5.26 Å². The highest BCUT2D eigenvalue weighted by molar-refractivity contribution is 6.11. The van der Waals surface area contributed by atoms with E-state index in [0.717, 1.165) is 38.9 Å². The SMILES string of the molecule is [C-]#[N+]c1cc(-c2cccc(-c3cc4c(c5ccccc35)-c3ccc(-c5cccc(-c6ccnc(C#N)c6)c5)cc3C43c4ccccc4-c4ccccc43)c2)ccn1. The summed E-state index contributed by atoms with van der Waals surface area (Å²) < 4.78 is 0. The van der Waals surface area contributed by atoms with E-state index in [1.165, 1.54) is 60.8 Å². The number of nitriles is 1. The summed E-state index contributed by atoms with van der Waals surface area (Å²) in [6.45, 7) is 7.55. The predicted octanol–water partition coefficient (Wildman–Crippen LogP) is 13.1. The van der Waals surface area contributed by atoms with Crippen LogP contribution >= 0.6 is 0 Å². The lowest BCUT2D eigenvalue weighted by Crippen LogP contribution is -2.26. The van der Waals surface area contributed by atoms with Gasteiger partial charge in [-0.05, 0) is 148 Å². The molecule has 0 fully saturated rings. The van der Waals surface area contributed by atoms with Crippen molar-refractivity contribution in [2.75, 3.05) is 0 Å². The lowest BCUT2D eigenvalue weighted by Gasteiger charge is -2.31. The van der Waals surface area contributed by atoms with E-state index >= 15 is 0 Å². The Morgan fingerprint density at radius 1 is 0.439 bits per heavy atom. The van der Waals surface area contributed by atoms with E-state index in [1.54, 1.807) is 12.4 Å². The molecule has 0 radical (unpaired) electrons. The minimum absolute atomic E-state index is 0.385. The number of pyridine rings is 2. The fourth-order valence-electron chi connectivity index (χ4n) is 9.49. The van der Waals surface area contributed by atoms with E-state index in [1.807, 2.05) is 24.3 Å². The topological polar surface area (TPSA) is 53.9 Å². The molecule has 4 nitrogen and oxygen atoms in total. The number of hydrogen-bond acceptors (Lipinski definition) is 3. The van der Waals surface area contributed by atoms with Gasteiger partial charge in [-0.1, -0.05) is 128 Å². The van der Waals surface area contributed by atoms with Crippen molar-refractivity contribution in [1.82, 2.24) is 9.97 Å². The van der Waals surface area contributed by atoms with E-state index in [0.29, 0.717) is 11.5 Å². The van der Waals surface area contributed by atoms with Crippen molar-refractivity contribution in [3.63, 3.8) is 0 Å². The van der Waals surface area contributed by atoms with E-state index < -0.39 is 5.41 Å². The molecule has 9 aromatic rings. The zero-order valence-corrected chi connectivity index (χ0v) is 30.6. The van der Waals surface area contributed by atoms with E-state index in [2.05, 4.69) is 166 Å². The van der Waals surface area contributed by atoms with Gasteiger partial charge in [0.25, 0.3) is 5.82 Å². The van der Waals surface area contributed by atoms with Gasteiger partial charge in [-0.3, -0.25) is 0 Å². The zero-order valence-electron chi connectivity index (χ0n) is 30.6. The van der Waals surface area contributed by atoms with Crippen LogP contribution < -0.4 is 0 Å². The molecule has 0 saturated heterocycles. The molecule has 0 amide bonds. The van der Waals surface area contributed by atoms with Gasteiger partial charge in [-0.15, -0.1) is 4.98 Å². The molecule has 0 N–H and O–H groups in total. The lowest BCUT2D eigenvalue weighted by molar-refractivity contribution is 0.795. The van der Waals surface area contributed by atoms with Gasteiger partial charge in [0.05, 0.1) is 5.41 Å². The second-order valence-corrected chi connectivity index (χ2v) is 14.7. The van der Waals surface area contributed by atoms with Crippen molar-refractivity contribution in [2.45, 2.75) is 5.41 Å². The maximum atomic E-state index is 9.55. The van der Waals surface area contributed by atoms with Crippen molar-refractivity contribution in [3.05, 3.63) is 222 Å². The standard InChI is InChI=1S/C53H30N4/c1-55-51-30-38(23-25-57-51)35-12-9-13-39(27-35)46-31-50-52(44-17-3-2-14-41(44)46)45-21-20-36(33-10-8-11-34(26-33)37-22-24-56-40(28-37)32-54)29-49(45)53(50)47-18-6-4-15-42(47)43-16-5-7-19-48(43)53/h2-31H. The number of fused-ring (bicyclic) bond motifs is 12. The van der Waals surface area contributed by atoms with Gasteiger partial charge in [0.1, 0.15) is 18.0 Å². The molecule has 11 rings (SSSR count). The van der Waals surface area contributed by atoms with Crippen LogP contribution in [0.4, 0.5) is 5.82 Å². The maximum Gasteiger partial charge on any atom is 0.270 e. The Hall–Kier alpha value is -7.92. The summed E-state index contributed by atoms with van der Waals surface area (Å²) in [7, 11) is 0. The molecule has 57 heavy (non-hydrogen) atoms. The van der Waals surface area contributed by atoms with Crippen molar-refractivity contribution in [2.24, 2.45) is 0 Å². The quantitative estimate of drug-likeness (QED) is 0.170. The first-order chi connectivity index (χ1) is 28.1. The van der Waals surface area contributed by atoms with Gasteiger partial charge in [-0.2, -0.15) is 5.26 Å². The molecular formula is C53H30N4. The Balaban J connectivity index is 1.19. The molecule has 4 heteroatoms. The number of aromatic nitrogens is 2. The molecule has 0 unspecified atom stereocenters. The first kappa shape index (κ1) is 32.5. The van der Waals surface area contributed by atoms with Gasteiger partial charge in [-0.25, -0.2) is 4.98 Å². The molecule has 1 spiro atoms. The molecule has 2 aromatic heterocycles. The molecule has 0 bridgehead atoms. The molecule has 0 atom stereocenters. The highest BCUT2D eigenvalue weighted by atomic mass is 14.8. The Labute approximate surface area is 330 Å². The highest BCUT2D eigenvalue weighted by Gasteiger charge is 2.52. The first-order valence-electron chi connectivity index (χ1n) is 19.0. The largest absolute Gasteiger partial charge is 0.361 e. The predicted molar refractivity (Wildman–Crippen MR) is 229 cm³/mol. The van der Waals surface area contributed by atoms with Crippen LogP contribution in [0.3, 0.4) is 0 Å². The average molecular weight is 723 g/mol. The Kier molecular flexibility index (Phi) is 7.17. The highest BCUT2D eigenvalue weighted by Crippen LogP contribution is 2.64. The average Bonchev–Trinajstić information content (AvgIpc) is 3.76. The molecule has 2 aliphatic carbocycles. The van der Waals surface area contributed by atoms with Gasteiger partial charge in [0, 0.05) is 6.20 Å². The molecule has 2 heterocycles. The zero-order chi connectivity index (χ0) is 38.1. The van der Waals surface area contributed by atoms with E-state index in [4.69, 9.17) is 6.57 Å². The fraction of sp³-hybridized carbons (Fsp3) is 0.0189. The Bertz CT molecular complexity index is 3190. The Morgan fingerprint density at radius 3 is 1.72 bits per heavy atom. The monoisotopic (exact) mass is 722 g/mol. The van der Waals surface area contributed by atoms with Crippen molar-refractivity contribution < 1.29 is 0 Å². The maximum absolute atomic E-state index is 9.55. The third-order valence-electron chi connectivity index (χ3n) is 11.9.